The van der Waals surface area contributed by atoms with Crippen LogP contribution in [0.3, 0.4) is 0 Å². The Hall–Kier alpha value is -2.73. The van der Waals surface area contributed by atoms with Crippen molar-refractivity contribution in [3.8, 4) is 11.4 Å². The molecule has 0 radical (unpaired) electrons. The van der Waals surface area contributed by atoms with Gasteiger partial charge in [0.05, 0.1) is 17.1 Å². The van der Waals surface area contributed by atoms with Crippen molar-refractivity contribution >= 4 is 29.1 Å². The second-order valence-corrected chi connectivity index (χ2v) is 6.99. The highest BCUT2D eigenvalue weighted by atomic mass is 35.5. The summed E-state index contributed by atoms with van der Waals surface area (Å²) < 4.78 is 14.1. The maximum absolute atomic E-state index is 14.1. The second-order valence-electron chi connectivity index (χ2n) is 6.55. The molecule has 0 spiro atoms. The quantitative estimate of drug-likeness (QED) is 0.615. The Labute approximate surface area is 162 Å². The van der Waals surface area contributed by atoms with Crippen LogP contribution in [0.1, 0.15) is 25.7 Å². The van der Waals surface area contributed by atoms with Gasteiger partial charge in [0.2, 0.25) is 5.95 Å². The summed E-state index contributed by atoms with van der Waals surface area (Å²) >= 11 is 5.99. The van der Waals surface area contributed by atoms with Crippen molar-refractivity contribution in [3.05, 3.63) is 59.5 Å². The minimum atomic E-state index is -0.400. The Morgan fingerprint density at radius 1 is 1.00 bits per heavy atom. The third-order valence-corrected chi connectivity index (χ3v) is 4.77. The smallest absolute Gasteiger partial charge is 0.225 e. The van der Waals surface area contributed by atoms with Crippen molar-refractivity contribution < 1.29 is 4.39 Å². The molecule has 1 fully saturated rings. The SMILES string of the molecule is Fc1ccc(Cl)cc1Nc1cc(-c2ccccn2)nc(NC2CCCC2)n1. The topological polar surface area (TPSA) is 62.7 Å². The first kappa shape index (κ1) is 17.7. The molecule has 0 saturated heterocycles. The van der Waals surface area contributed by atoms with Gasteiger partial charge in [-0.2, -0.15) is 4.98 Å². The molecule has 27 heavy (non-hydrogen) atoms. The summed E-state index contributed by atoms with van der Waals surface area (Å²) in [5.41, 5.74) is 1.65. The third-order valence-electron chi connectivity index (χ3n) is 4.53. The van der Waals surface area contributed by atoms with E-state index in [1.54, 1.807) is 12.3 Å². The largest absolute Gasteiger partial charge is 0.351 e. The Morgan fingerprint density at radius 2 is 1.85 bits per heavy atom. The number of halogens is 2. The van der Waals surface area contributed by atoms with Gasteiger partial charge in [-0.1, -0.05) is 30.5 Å². The normalized spacial score (nSPS) is 14.3. The Morgan fingerprint density at radius 3 is 2.63 bits per heavy atom. The maximum atomic E-state index is 14.1. The number of hydrogen-bond donors (Lipinski definition) is 2. The van der Waals surface area contributed by atoms with E-state index in [1.807, 2.05) is 18.2 Å². The van der Waals surface area contributed by atoms with Crippen LogP contribution in [0.4, 0.5) is 21.8 Å². The number of benzene rings is 1. The average Bonchev–Trinajstić information content (AvgIpc) is 3.18. The molecule has 3 aromatic rings. The van der Waals surface area contributed by atoms with E-state index in [-0.39, 0.29) is 5.69 Å². The summed E-state index contributed by atoms with van der Waals surface area (Å²) in [6.45, 7) is 0. The van der Waals surface area contributed by atoms with Gasteiger partial charge in [-0.05, 0) is 43.2 Å². The molecule has 138 valence electrons. The number of rotatable bonds is 5. The van der Waals surface area contributed by atoms with Crippen molar-refractivity contribution in [2.45, 2.75) is 31.7 Å². The average molecular weight is 384 g/mol. The van der Waals surface area contributed by atoms with Gasteiger partial charge in [0.1, 0.15) is 11.6 Å². The summed E-state index contributed by atoms with van der Waals surface area (Å²) in [5.74, 6) is 0.588. The highest BCUT2D eigenvalue weighted by Crippen LogP contribution is 2.27. The van der Waals surface area contributed by atoms with E-state index in [0.29, 0.717) is 28.5 Å². The van der Waals surface area contributed by atoms with Gasteiger partial charge in [0.15, 0.2) is 0 Å². The van der Waals surface area contributed by atoms with Crippen LogP contribution >= 0.6 is 11.6 Å². The lowest BCUT2D eigenvalue weighted by molar-refractivity contribution is 0.632. The first-order chi connectivity index (χ1) is 13.2. The molecule has 2 aromatic heterocycles. The molecule has 1 aliphatic rings. The monoisotopic (exact) mass is 383 g/mol. The van der Waals surface area contributed by atoms with Crippen molar-refractivity contribution in [3.63, 3.8) is 0 Å². The van der Waals surface area contributed by atoms with Gasteiger partial charge >= 0.3 is 0 Å². The van der Waals surface area contributed by atoms with E-state index in [0.717, 1.165) is 18.5 Å². The zero-order valence-electron chi connectivity index (χ0n) is 14.6. The van der Waals surface area contributed by atoms with Crippen molar-refractivity contribution in [2.75, 3.05) is 10.6 Å². The van der Waals surface area contributed by atoms with Gasteiger partial charge in [-0.15, -0.1) is 0 Å². The minimum Gasteiger partial charge on any atom is -0.351 e. The Balaban J connectivity index is 1.69. The fourth-order valence-corrected chi connectivity index (χ4v) is 3.38. The first-order valence-corrected chi connectivity index (χ1v) is 9.34. The summed E-state index contributed by atoms with van der Waals surface area (Å²) in [6.07, 6.45) is 6.32. The van der Waals surface area contributed by atoms with E-state index in [9.17, 15) is 4.39 Å². The number of nitrogens with one attached hydrogen (secondary N) is 2. The van der Waals surface area contributed by atoms with Gasteiger partial charge in [-0.25, -0.2) is 9.37 Å². The number of anilines is 3. The lowest BCUT2D eigenvalue weighted by Gasteiger charge is -2.15. The molecule has 0 bridgehead atoms. The Bertz CT molecular complexity index is 929. The third kappa shape index (κ3) is 4.34. The van der Waals surface area contributed by atoms with E-state index in [2.05, 4.69) is 25.6 Å². The predicted molar refractivity (Wildman–Crippen MR) is 106 cm³/mol. The molecule has 0 unspecified atom stereocenters. The highest BCUT2D eigenvalue weighted by Gasteiger charge is 2.17. The van der Waals surface area contributed by atoms with Gasteiger partial charge in [0.25, 0.3) is 0 Å². The molecule has 0 atom stereocenters. The predicted octanol–water partition coefficient (Wildman–Crippen LogP) is 5.43. The van der Waals surface area contributed by atoms with Crippen LogP contribution in [-0.2, 0) is 0 Å². The molecule has 0 aliphatic heterocycles. The summed E-state index contributed by atoms with van der Waals surface area (Å²) in [5, 5.41) is 6.85. The number of pyridine rings is 1. The van der Waals surface area contributed by atoms with Crippen LogP contribution in [0.15, 0.2) is 48.7 Å². The molecular formula is C20H19ClFN5. The van der Waals surface area contributed by atoms with Gasteiger partial charge in [0, 0.05) is 23.3 Å². The van der Waals surface area contributed by atoms with Crippen molar-refractivity contribution in [2.24, 2.45) is 0 Å². The van der Waals surface area contributed by atoms with E-state index in [4.69, 9.17) is 11.6 Å². The van der Waals surface area contributed by atoms with Crippen LogP contribution < -0.4 is 10.6 Å². The first-order valence-electron chi connectivity index (χ1n) is 8.96. The molecule has 1 saturated carbocycles. The van der Waals surface area contributed by atoms with Crippen LogP contribution in [0.2, 0.25) is 5.02 Å². The molecule has 1 aliphatic carbocycles. The standard InChI is InChI=1S/C20H19ClFN5/c21-13-8-9-15(22)17(11-13)25-19-12-18(16-7-3-4-10-23-16)26-20(27-19)24-14-5-1-2-6-14/h3-4,7-12,14H,1-2,5-6H2,(H2,24,25,26,27). The van der Waals surface area contributed by atoms with Crippen LogP contribution in [0, 0.1) is 5.82 Å². The molecular weight excluding hydrogens is 365 g/mol. The summed E-state index contributed by atoms with van der Waals surface area (Å²) in [4.78, 5) is 13.5. The maximum Gasteiger partial charge on any atom is 0.225 e. The zero-order valence-corrected chi connectivity index (χ0v) is 15.4. The molecule has 2 N–H and O–H groups in total. The van der Waals surface area contributed by atoms with Crippen molar-refractivity contribution in [1.82, 2.24) is 15.0 Å². The molecule has 1 aromatic carbocycles. The zero-order chi connectivity index (χ0) is 18.6. The second kappa shape index (κ2) is 7.88. The number of aromatic nitrogens is 3. The highest BCUT2D eigenvalue weighted by molar-refractivity contribution is 6.30. The van der Waals surface area contributed by atoms with Gasteiger partial charge in [-0.3, -0.25) is 4.98 Å². The van der Waals surface area contributed by atoms with Crippen LogP contribution in [0.25, 0.3) is 11.4 Å². The minimum absolute atomic E-state index is 0.264. The van der Waals surface area contributed by atoms with E-state index in [1.165, 1.54) is 31.0 Å². The summed E-state index contributed by atoms with van der Waals surface area (Å²) in [7, 11) is 0. The lowest BCUT2D eigenvalue weighted by Crippen LogP contribution is -2.17. The fraction of sp³-hybridized carbons (Fsp3) is 0.250. The summed E-state index contributed by atoms with van der Waals surface area (Å²) in [6, 6.07) is 12.1. The van der Waals surface area contributed by atoms with Crippen molar-refractivity contribution in [1.29, 1.82) is 0 Å². The Kier molecular flexibility index (Phi) is 5.16. The molecule has 2 heterocycles. The van der Waals surface area contributed by atoms with Crippen LogP contribution in [0.5, 0.6) is 0 Å². The van der Waals surface area contributed by atoms with Gasteiger partial charge < -0.3 is 10.6 Å². The van der Waals surface area contributed by atoms with E-state index < -0.39 is 5.82 Å². The lowest BCUT2D eigenvalue weighted by atomic mass is 10.2. The number of hydrogen-bond acceptors (Lipinski definition) is 5. The molecule has 5 nitrogen and oxygen atoms in total. The fourth-order valence-electron chi connectivity index (χ4n) is 3.21. The molecule has 4 rings (SSSR count). The molecule has 7 heteroatoms. The van der Waals surface area contributed by atoms with E-state index >= 15 is 0 Å². The molecule has 0 amide bonds. The van der Waals surface area contributed by atoms with Crippen LogP contribution in [-0.4, -0.2) is 21.0 Å². The number of nitrogens with zero attached hydrogens (tertiary/aromatic N) is 3.